The molecule has 0 saturated heterocycles. The second-order valence-electron chi connectivity index (χ2n) is 4.68. The summed E-state index contributed by atoms with van der Waals surface area (Å²) in [6, 6.07) is 9.20. The van der Waals surface area contributed by atoms with Crippen LogP contribution in [-0.4, -0.2) is 11.8 Å². The molecule has 104 valence electrons. The molecule has 0 unspecified atom stereocenters. The summed E-state index contributed by atoms with van der Waals surface area (Å²) in [5, 5.41) is 0. The Balaban J connectivity index is 2.63. The van der Waals surface area contributed by atoms with Gasteiger partial charge in [-0.2, -0.15) is 0 Å². The predicted octanol–water partition coefficient (Wildman–Crippen LogP) is 3.83. The van der Waals surface area contributed by atoms with Crippen molar-refractivity contribution in [3.63, 3.8) is 0 Å². The third-order valence-corrected chi connectivity index (χ3v) is 2.96. The second-order valence-corrected chi connectivity index (χ2v) is 4.68. The minimum atomic E-state index is -0.750. The second kappa shape index (κ2) is 8.46. The summed E-state index contributed by atoms with van der Waals surface area (Å²) in [6.45, 7) is 3.47. The van der Waals surface area contributed by atoms with Crippen LogP contribution in [0.1, 0.15) is 57.6 Å². The Morgan fingerprint density at radius 2 is 1.79 bits per heavy atom. The number of esters is 1. The summed E-state index contributed by atoms with van der Waals surface area (Å²) in [7, 11) is 0. The fourth-order valence-corrected chi connectivity index (χ4v) is 1.97. The van der Waals surface area contributed by atoms with Crippen LogP contribution in [0.2, 0.25) is 0 Å². The number of carbonyl (C=O) groups excluding carboxylic acids is 2. The van der Waals surface area contributed by atoms with Crippen LogP contribution in [-0.2, 0) is 14.3 Å². The van der Waals surface area contributed by atoms with Crippen molar-refractivity contribution in [3.8, 4) is 0 Å². The third kappa shape index (κ3) is 5.69. The van der Waals surface area contributed by atoms with E-state index in [9.17, 15) is 9.59 Å². The highest BCUT2D eigenvalue weighted by atomic mass is 16.5. The average molecular weight is 262 g/mol. The van der Waals surface area contributed by atoms with Crippen molar-refractivity contribution in [1.82, 2.24) is 0 Å². The fourth-order valence-electron chi connectivity index (χ4n) is 1.97. The van der Waals surface area contributed by atoms with Crippen LogP contribution in [0.5, 0.6) is 0 Å². The van der Waals surface area contributed by atoms with Crippen molar-refractivity contribution in [2.45, 2.75) is 52.1 Å². The molecule has 0 saturated carbocycles. The molecule has 0 bridgehead atoms. The number of carbonyl (C=O) groups is 2. The van der Waals surface area contributed by atoms with Crippen LogP contribution >= 0.6 is 0 Å². The number of hydrogen-bond donors (Lipinski definition) is 0. The van der Waals surface area contributed by atoms with Crippen molar-refractivity contribution in [2.24, 2.45) is 0 Å². The molecular formula is C16H22O3. The van der Waals surface area contributed by atoms with E-state index in [1.165, 1.54) is 6.92 Å². The quantitative estimate of drug-likeness (QED) is 0.528. The molecule has 1 rings (SSSR count). The van der Waals surface area contributed by atoms with E-state index in [2.05, 4.69) is 6.92 Å². The number of rotatable bonds is 8. The van der Waals surface area contributed by atoms with Gasteiger partial charge in [0.05, 0.1) is 0 Å². The van der Waals surface area contributed by atoms with Crippen LogP contribution in [0.4, 0.5) is 0 Å². The third-order valence-electron chi connectivity index (χ3n) is 2.96. The minimum absolute atomic E-state index is 0.0162. The van der Waals surface area contributed by atoms with Gasteiger partial charge in [0.1, 0.15) is 0 Å². The fraction of sp³-hybridized carbons (Fsp3) is 0.500. The number of hydrogen-bond acceptors (Lipinski definition) is 3. The van der Waals surface area contributed by atoms with Crippen molar-refractivity contribution in [1.29, 1.82) is 0 Å². The monoisotopic (exact) mass is 262 g/mol. The first-order chi connectivity index (χ1) is 9.15. The lowest BCUT2D eigenvalue weighted by Gasteiger charge is -2.16. The lowest BCUT2D eigenvalue weighted by atomic mass is 10.0. The van der Waals surface area contributed by atoms with E-state index in [4.69, 9.17) is 4.74 Å². The van der Waals surface area contributed by atoms with Gasteiger partial charge in [-0.3, -0.25) is 9.59 Å². The average Bonchev–Trinajstić information content (AvgIpc) is 2.41. The molecule has 0 aliphatic carbocycles. The van der Waals surface area contributed by atoms with Crippen LogP contribution < -0.4 is 0 Å². The van der Waals surface area contributed by atoms with Gasteiger partial charge in [0, 0.05) is 13.3 Å². The van der Waals surface area contributed by atoms with Crippen LogP contribution in [0.15, 0.2) is 30.3 Å². The molecule has 1 aromatic carbocycles. The van der Waals surface area contributed by atoms with Gasteiger partial charge in [-0.05, 0) is 12.0 Å². The Morgan fingerprint density at radius 1 is 1.11 bits per heavy atom. The summed E-state index contributed by atoms with van der Waals surface area (Å²) >= 11 is 0. The molecule has 0 heterocycles. The predicted molar refractivity (Wildman–Crippen MR) is 74.7 cm³/mol. The van der Waals surface area contributed by atoms with Crippen molar-refractivity contribution in [3.05, 3.63) is 35.9 Å². The van der Waals surface area contributed by atoms with E-state index in [1.54, 1.807) is 0 Å². The molecule has 3 nitrogen and oxygen atoms in total. The van der Waals surface area contributed by atoms with Crippen molar-refractivity contribution >= 4 is 11.8 Å². The van der Waals surface area contributed by atoms with Gasteiger partial charge in [-0.25, -0.2) is 0 Å². The van der Waals surface area contributed by atoms with E-state index in [0.29, 0.717) is 6.42 Å². The number of Topliss-reactive ketones (excluding diaryl/α,β-unsaturated/α-hetero) is 1. The lowest BCUT2D eigenvalue weighted by Crippen LogP contribution is -2.18. The molecule has 0 aliphatic heterocycles. The van der Waals surface area contributed by atoms with Crippen molar-refractivity contribution < 1.29 is 14.3 Å². The number of benzene rings is 1. The molecule has 0 radical (unpaired) electrons. The highest BCUT2D eigenvalue weighted by Crippen LogP contribution is 2.21. The first kappa shape index (κ1) is 15.4. The zero-order valence-corrected chi connectivity index (χ0v) is 11.7. The van der Waals surface area contributed by atoms with Gasteiger partial charge in [0.25, 0.3) is 0 Å². The number of ether oxygens (including phenoxy) is 1. The normalized spacial score (nSPS) is 11.9. The lowest BCUT2D eigenvalue weighted by molar-refractivity contribution is -0.153. The van der Waals surface area contributed by atoms with Gasteiger partial charge < -0.3 is 4.74 Å². The van der Waals surface area contributed by atoms with E-state index in [-0.39, 0.29) is 5.78 Å². The molecule has 0 spiro atoms. The molecule has 0 fully saturated rings. The topological polar surface area (TPSA) is 43.4 Å². The van der Waals surface area contributed by atoms with Crippen LogP contribution in [0.3, 0.4) is 0 Å². The first-order valence-electron chi connectivity index (χ1n) is 6.90. The zero-order chi connectivity index (χ0) is 14.1. The van der Waals surface area contributed by atoms with E-state index >= 15 is 0 Å². The highest BCUT2D eigenvalue weighted by Gasteiger charge is 2.22. The zero-order valence-electron chi connectivity index (χ0n) is 11.7. The summed E-state index contributed by atoms with van der Waals surface area (Å²) in [5.74, 6) is -0.437. The smallest absolute Gasteiger partial charge is 0.303 e. The standard InChI is InChI=1S/C16H22O3/c1-3-4-5-9-12-15(18)16(19-13(2)17)14-10-7-6-8-11-14/h6-8,10-11,16H,3-5,9,12H2,1-2H3/t16-/m0/s1. The summed E-state index contributed by atoms with van der Waals surface area (Å²) in [6.07, 6.45) is 3.89. The summed E-state index contributed by atoms with van der Waals surface area (Å²) in [4.78, 5) is 23.3. The van der Waals surface area contributed by atoms with Gasteiger partial charge in [-0.15, -0.1) is 0 Å². The Hall–Kier alpha value is -1.64. The van der Waals surface area contributed by atoms with E-state index < -0.39 is 12.1 Å². The van der Waals surface area contributed by atoms with E-state index in [0.717, 1.165) is 31.2 Å². The van der Waals surface area contributed by atoms with Gasteiger partial charge >= 0.3 is 5.97 Å². The Labute approximate surface area is 115 Å². The maximum absolute atomic E-state index is 12.2. The molecule has 1 atom stereocenters. The molecule has 19 heavy (non-hydrogen) atoms. The van der Waals surface area contributed by atoms with Gasteiger partial charge in [-0.1, -0.05) is 56.5 Å². The summed E-state index contributed by atoms with van der Waals surface area (Å²) in [5.41, 5.74) is 0.748. The SMILES string of the molecule is CCCCCCC(=O)[C@@H](OC(C)=O)c1ccccc1. The van der Waals surface area contributed by atoms with Gasteiger partial charge in [0.15, 0.2) is 11.9 Å². The number of ketones is 1. The molecule has 1 aromatic rings. The molecular weight excluding hydrogens is 240 g/mol. The summed E-state index contributed by atoms with van der Waals surface area (Å²) < 4.78 is 5.17. The molecule has 0 aromatic heterocycles. The molecule has 0 N–H and O–H groups in total. The van der Waals surface area contributed by atoms with Gasteiger partial charge in [0.2, 0.25) is 0 Å². The Morgan fingerprint density at radius 3 is 2.37 bits per heavy atom. The van der Waals surface area contributed by atoms with Crippen molar-refractivity contribution in [2.75, 3.05) is 0 Å². The Bertz CT molecular complexity index is 398. The maximum atomic E-state index is 12.2. The van der Waals surface area contributed by atoms with E-state index in [1.807, 2.05) is 30.3 Å². The highest BCUT2D eigenvalue weighted by molar-refractivity contribution is 5.86. The van der Waals surface area contributed by atoms with Crippen LogP contribution in [0, 0.1) is 0 Å². The van der Waals surface area contributed by atoms with Crippen LogP contribution in [0.25, 0.3) is 0 Å². The Kier molecular flexibility index (Phi) is 6.86. The minimum Gasteiger partial charge on any atom is -0.450 e. The largest absolute Gasteiger partial charge is 0.450 e. The number of unbranched alkanes of at least 4 members (excludes halogenated alkanes) is 3. The maximum Gasteiger partial charge on any atom is 0.303 e. The molecule has 0 aliphatic rings. The first-order valence-corrected chi connectivity index (χ1v) is 6.90. The molecule has 0 amide bonds. The molecule has 3 heteroatoms.